The Kier molecular flexibility index (Phi) is 7.51. The fourth-order valence-electron chi connectivity index (χ4n) is 2.10. The standard InChI is InChI=1S/C17H16ClN3O7S/c18-12-5-7-13(8-6-12)29(26,27)10-9-16(22)19-20-17(23)11-28-15-4-2-1-3-14(15)21(24)25/h1-8H,9-11H2,(H,19,22)(H,20,23). The molecule has 0 aromatic heterocycles. The van der Waals surface area contributed by atoms with E-state index in [1.54, 1.807) is 0 Å². The van der Waals surface area contributed by atoms with Gasteiger partial charge in [0.05, 0.1) is 15.6 Å². The predicted octanol–water partition coefficient (Wildman–Crippen LogP) is 1.64. The van der Waals surface area contributed by atoms with Crippen molar-refractivity contribution in [2.75, 3.05) is 12.4 Å². The molecule has 0 heterocycles. The minimum absolute atomic E-state index is 0.0246. The van der Waals surface area contributed by atoms with Crippen LogP contribution in [-0.2, 0) is 19.4 Å². The molecule has 0 saturated carbocycles. The zero-order valence-electron chi connectivity index (χ0n) is 14.8. The molecule has 0 spiro atoms. The molecule has 0 saturated heterocycles. The van der Waals surface area contributed by atoms with Crippen LogP contribution < -0.4 is 15.6 Å². The highest BCUT2D eigenvalue weighted by molar-refractivity contribution is 7.91. The largest absolute Gasteiger partial charge is 0.477 e. The Morgan fingerprint density at radius 2 is 1.66 bits per heavy atom. The molecule has 0 bridgehead atoms. The van der Waals surface area contributed by atoms with Crippen LogP contribution in [0.2, 0.25) is 5.02 Å². The third-order valence-electron chi connectivity index (χ3n) is 3.53. The molecule has 0 aliphatic rings. The van der Waals surface area contributed by atoms with Gasteiger partial charge in [0.2, 0.25) is 5.91 Å². The maximum absolute atomic E-state index is 12.1. The number of amides is 2. The highest BCUT2D eigenvalue weighted by Crippen LogP contribution is 2.25. The van der Waals surface area contributed by atoms with Crippen molar-refractivity contribution in [1.82, 2.24) is 10.9 Å². The van der Waals surface area contributed by atoms with Crippen LogP contribution in [0.4, 0.5) is 5.69 Å². The number of carbonyl (C=O) groups excluding carboxylic acids is 2. The molecule has 2 rings (SSSR count). The van der Waals surface area contributed by atoms with Crippen LogP contribution in [0.15, 0.2) is 53.4 Å². The van der Waals surface area contributed by atoms with Crippen LogP contribution in [0.25, 0.3) is 0 Å². The number of carbonyl (C=O) groups is 2. The first-order valence-corrected chi connectivity index (χ1v) is 10.1. The van der Waals surface area contributed by atoms with E-state index in [9.17, 15) is 28.1 Å². The first-order valence-electron chi connectivity index (χ1n) is 8.11. The van der Waals surface area contributed by atoms with Crippen molar-refractivity contribution in [3.8, 4) is 5.75 Å². The molecular formula is C17H16ClN3O7S. The Labute approximate surface area is 170 Å². The van der Waals surface area contributed by atoms with E-state index in [0.717, 1.165) is 0 Å². The van der Waals surface area contributed by atoms with Gasteiger partial charge < -0.3 is 4.74 Å². The fraction of sp³-hybridized carbons (Fsp3) is 0.176. The molecule has 10 nitrogen and oxygen atoms in total. The zero-order chi connectivity index (χ0) is 21.4. The number of sulfone groups is 1. The molecule has 2 amide bonds. The molecule has 0 atom stereocenters. The van der Waals surface area contributed by atoms with Gasteiger partial charge in [0.1, 0.15) is 0 Å². The minimum Gasteiger partial charge on any atom is -0.477 e. The number of para-hydroxylation sites is 2. The summed E-state index contributed by atoms with van der Waals surface area (Å²) in [6.07, 6.45) is -0.393. The second kappa shape index (κ2) is 9.85. The lowest BCUT2D eigenvalue weighted by molar-refractivity contribution is -0.385. The van der Waals surface area contributed by atoms with Gasteiger partial charge in [-0.15, -0.1) is 0 Å². The van der Waals surface area contributed by atoms with Crippen molar-refractivity contribution < 1.29 is 27.7 Å². The second-order valence-electron chi connectivity index (χ2n) is 5.63. The number of hydrazine groups is 1. The van der Waals surface area contributed by atoms with E-state index < -0.39 is 45.4 Å². The van der Waals surface area contributed by atoms with Crippen LogP contribution in [0.5, 0.6) is 5.75 Å². The number of hydrogen-bond donors (Lipinski definition) is 2. The van der Waals surface area contributed by atoms with E-state index in [0.29, 0.717) is 5.02 Å². The summed E-state index contributed by atoms with van der Waals surface area (Å²) in [5.74, 6) is -2.09. The van der Waals surface area contributed by atoms with Crippen molar-refractivity contribution in [3.05, 3.63) is 63.7 Å². The molecule has 2 aromatic carbocycles. The van der Waals surface area contributed by atoms with Gasteiger partial charge in [0.25, 0.3) is 5.91 Å². The van der Waals surface area contributed by atoms with E-state index in [4.69, 9.17) is 16.3 Å². The second-order valence-corrected chi connectivity index (χ2v) is 8.18. The normalized spacial score (nSPS) is 10.8. The van der Waals surface area contributed by atoms with Crippen LogP contribution in [-0.4, -0.2) is 37.5 Å². The Bertz CT molecular complexity index is 1010. The van der Waals surface area contributed by atoms with E-state index in [2.05, 4.69) is 5.43 Å². The lowest BCUT2D eigenvalue weighted by atomic mass is 10.3. The first-order chi connectivity index (χ1) is 13.7. The molecule has 29 heavy (non-hydrogen) atoms. The average Bonchev–Trinajstić information content (AvgIpc) is 2.69. The van der Waals surface area contributed by atoms with Crippen LogP contribution in [0.3, 0.4) is 0 Å². The molecule has 0 fully saturated rings. The number of benzene rings is 2. The predicted molar refractivity (Wildman–Crippen MR) is 103 cm³/mol. The molecule has 0 aliphatic carbocycles. The molecule has 0 aliphatic heterocycles. The number of nitrogens with one attached hydrogen (secondary N) is 2. The summed E-state index contributed by atoms with van der Waals surface area (Å²) in [7, 11) is -3.69. The van der Waals surface area contributed by atoms with Crippen molar-refractivity contribution in [1.29, 1.82) is 0 Å². The number of nitrogens with zero attached hydrogens (tertiary/aromatic N) is 1. The van der Waals surface area contributed by atoms with Crippen molar-refractivity contribution in [2.24, 2.45) is 0 Å². The molecule has 2 N–H and O–H groups in total. The van der Waals surface area contributed by atoms with Crippen molar-refractivity contribution in [2.45, 2.75) is 11.3 Å². The minimum atomic E-state index is -3.69. The Morgan fingerprint density at radius 3 is 2.31 bits per heavy atom. The number of ether oxygens (including phenoxy) is 1. The van der Waals surface area contributed by atoms with Gasteiger partial charge in [0, 0.05) is 17.5 Å². The summed E-state index contributed by atoms with van der Waals surface area (Å²) in [4.78, 5) is 33.7. The van der Waals surface area contributed by atoms with Gasteiger partial charge in [-0.1, -0.05) is 23.7 Å². The van der Waals surface area contributed by atoms with Gasteiger partial charge >= 0.3 is 5.69 Å². The summed E-state index contributed by atoms with van der Waals surface area (Å²) < 4.78 is 29.4. The number of nitro benzene ring substituents is 1. The third kappa shape index (κ3) is 6.73. The van der Waals surface area contributed by atoms with Crippen molar-refractivity contribution in [3.63, 3.8) is 0 Å². The van der Waals surface area contributed by atoms with Crippen molar-refractivity contribution >= 4 is 38.9 Å². The van der Waals surface area contributed by atoms with Gasteiger partial charge in [-0.3, -0.25) is 30.6 Å². The lowest BCUT2D eigenvalue weighted by Gasteiger charge is -2.09. The average molecular weight is 442 g/mol. The molecule has 0 unspecified atom stereocenters. The Morgan fingerprint density at radius 1 is 1.03 bits per heavy atom. The number of nitro groups is 1. The fourth-order valence-corrected chi connectivity index (χ4v) is 3.46. The number of rotatable bonds is 8. The number of hydrogen-bond acceptors (Lipinski definition) is 7. The molecular weight excluding hydrogens is 426 g/mol. The maximum Gasteiger partial charge on any atom is 0.310 e. The Hall–Kier alpha value is -3.18. The smallest absolute Gasteiger partial charge is 0.310 e. The SMILES string of the molecule is O=C(CCS(=O)(=O)c1ccc(Cl)cc1)NNC(=O)COc1ccccc1[N+](=O)[O-]. The molecule has 12 heteroatoms. The van der Waals surface area contributed by atoms with Crippen LogP contribution >= 0.6 is 11.6 Å². The summed E-state index contributed by atoms with van der Waals surface area (Å²) in [5.41, 5.74) is 3.78. The van der Waals surface area contributed by atoms with Gasteiger partial charge in [0.15, 0.2) is 22.2 Å². The van der Waals surface area contributed by atoms with E-state index in [1.165, 1.54) is 48.5 Å². The Balaban J connectivity index is 1.78. The molecule has 0 radical (unpaired) electrons. The zero-order valence-corrected chi connectivity index (χ0v) is 16.4. The summed E-state index contributed by atoms with van der Waals surface area (Å²) in [5, 5.41) is 11.2. The summed E-state index contributed by atoms with van der Waals surface area (Å²) >= 11 is 5.71. The van der Waals surface area contributed by atoms with Gasteiger partial charge in [-0.05, 0) is 30.3 Å². The topological polar surface area (TPSA) is 145 Å². The molecule has 2 aromatic rings. The van der Waals surface area contributed by atoms with E-state index >= 15 is 0 Å². The van der Waals surface area contributed by atoms with E-state index in [-0.39, 0.29) is 16.3 Å². The monoisotopic (exact) mass is 441 g/mol. The summed E-state index contributed by atoms with van der Waals surface area (Å²) in [6, 6.07) is 11.0. The highest BCUT2D eigenvalue weighted by atomic mass is 35.5. The molecule has 154 valence electrons. The highest BCUT2D eigenvalue weighted by Gasteiger charge is 2.18. The quantitative estimate of drug-likeness (QED) is 0.467. The van der Waals surface area contributed by atoms with Crippen LogP contribution in [0, 0.1) is 10.1 Å². The first kappa shape index (κ1) is 22.1. The maximum atomic E-state index is 12.1. The van der Waals surface area contributed by atoms with E-state index in [1.807, 2.05) is 5.43 Å². The summed E-state index contributed by atoms with van der Waals surface area (Å²) in [6.45, 7) is -0.589. The number of halogens is 1. The third-order valence-corrected chi connectivity index (χ3v) is 5.52. The van der Waals surface area contributed by atoms with Crippen LogP contribution in [0.1, 0.15) is 6.42 Å². The van der Waals surface area contributed by atoms with Gasteiger partial charge in [-0.25, -0.2) is 8.42 Å². The van der Waals surface area contributed by atoms with Gasteiger partial charge in [-0.2, -0.15) is 0 Å². The lowest BCUT2D eigenvalue weighted by Crippen LogP contribution is -2.44.